The molecular formula is C20H21F5N4O2S. The molecule has 3 rings (SSSR count). The van der Waals surface area contributed by atoms with Crippen LogP contribution in [0.5, 0.6) is 0 Å². The van der Waals surface area contributed by atoms with Gasteiger partial charge in [0.05, 0.1) is 21.9 Å². The fraction of sp³-hybridized carbons (Fsp3) is 0.450. The lowest BCUT2D eigenvalue weighted by Crippen LogP contribution is -2.30. The zero-order valence-corrected chi connectivity index (χ0v) is 18.1. The summed E-state index contributed by atoms with van der Waals surface area (Å²) in [5.74, 6) is -3.85. The molecule has 1 fully saturated rings. The third-order valence-electron chi connectivity index (χ3n) is 5.16. The number of carbonyl (C=O) groups excluding carboxylic acids is 1. The minimum Gasteiger partial charge on any atom is -0.356 e. The molecule has 2 aromatic rings. The van der Waals surface area contributed by atoms with Crippen LogP contribution in [0.1, 0.15) is 40.7 Å². The van der Waals surface area contributed by atoms with Crippen LogP contribution in [0.25, 0.3) is 0 Å². The van der Waals surface area contributed by atoms with E-state index >= 15 is 0 Å². The third-order valence-corrected chi connectivity index (χ3v) is 5.97. The Morgan fingerprint density at radius 1 is 1.22 bits per heavy atom. The van der Waals surface area contributed by atoms with Crippen LogP contribution in [-0.4, -0.2) is 45.4 Å². The number of halogens is 5. The highest BCUT2D eigenvalue weighted by atomic mass is 32.2. The Labute approximate surface area is 183 Å². The molecule has 0 saturated carbocycles. The number of nitrogens with zero attached hydrogens (tertiary/aromatic N) is 3. The molecule has 174 valence electrons. The van der Waals surface area contributed by atoms with Gasteiger partial charge < -0.3 is 10.2 Å². The summed E-state index contributed by atoms with van der Waals surface area (Å²) in [6, 6.07) is 2.74. The number of aromatic nitrogens is 2. The first-order valence-corrected chi connectivity index (χ1v) is 11.3. The van der Waals surface area contributed by atoms with Crippen LogP contribution < -0.4 is 10.2 Å². The lowest BCUT2D eigenvalue weighted by atomic mass is 10.0. The Morgan fingerprint density at radius 2 is 1.94 bits per heavy atom. The van der Waals surface area contributed by atoms with Gasteiger partial charge in [-0.1, -0.05) is 0 Å². The summed E-state index contributed by atoms with van der Waals surface area (Å²) in [6.45, 7) is 1.12. The van der Waals surface area contributed by atoms with E-state index in [0.29, 0.717) is 6.20 Å². The Balaban J connectivity index is 2.04. The van der Waals surface area contributed by atoms with Crippen LogP contribution >= 0.6 is 0 Å². The van der Waals surface area contributed by atoms with Crippen LogP contribution in [0.2, 0.25) is 0 Å². The molecule has 2 aromatic heterocycles. The second-order valence-corrected chi connectivity index (χ2v) is 8.81. The van der Waals surface area contributed by atoms with Gasteiger partial charge in [-0.2, -0.15) is 13.2 Å². The highest BCUT2D eigenvalue weighted by molar-refractivity contribution is 7.84. The van der Waals surface area contributed by atoms with Crippen molar-refractivity contribution in [2.24, 2.45) is 0 Å². The lowest BCUT2D eigenvalue weighted by molar-refractivity contribution is -0.138. The van der Waals surface area contributed by atoms with E-state index in [1.165, 1.54) is 29.5 Å². The zero-order valence-electron chi connectivity index (χ0n) is 17.3. The number of carbonyl (C=O) groups is 1. The van der Waals surface area contributed by atoms with Gasteiger partial charge >= 0.3 is 6.18 Å². The first-order valence-electron chi connectivity index (χ1n) is 9.69. The monoisotopic (exact) mass is 476 g/mol. The quantitative estimate of drug-likeness (QED) is 0.662. The van der Waals surface area contributed by atoms with Gasteiger partial charge in [0.25, 0.3) is 5.91 Å². The molecule has 1 atom stereocenters. The predicted octanol–water partition coefficient (Wildman–Crippen LogP) is 4.42. The summed E-state index contributed by atoms with van der Waals surface area (Å²) in [4.78, 5) is 22.3. The van der Waals surface area contributed by atoms with Crippen molar-refractivity contribution < 1.29 is 31.0 Å². The number of hydrogen-bond acceptors (Lipinski definition) is 5. The van der Waals surface area contributed by atoms with Crippen LogP contribution in [-0.2, 0) is 17.0 Å². The number of pyridine rings is 2. The maximum atomic E-state index is 13.8. The minimum absolute atomic E-state index is 0.0842. The van der Waals surface area contributed by atoms with Gasteiger partial charge in [0.1, 0.15) is 10.8 Å². The summed E-state index contributed by atoms with van der Waals surface area (Å²) in [5, 5.41) is 2.67. The van der Waals surface area contributed by atoms with Crippen molar-refractivity contribution in [1.82, 2.24) is 9.97 Å². The van der Waals surface area contributed by atoms with Crippen molar-refractivity contribution in [3.05, 3.63) is 41.2 Å². The Kier molecular flexibility index (Phi) is 6.82. The lowest BCUT2D eigenvalue weighted by Gasteiger charge is -2.26. The Bertz CT molecular complexity index is 1050. The number of alkyl halides is 5. The van der Waals surface area contributed by atoms with Crippen molar-refractivity contribution in [1.29, 1.82) is 0 Å². The first kappa shape index (κ1) is 24.0. The maximum Gasteiger partial charge on any atom is 0.418 e. The topological polar surface area (TPSA) is 75.2 Å². The zero-order chi connectivity index (χ0) is 23.7. The van der Waals surface area contributed by atoms with Gasteiger partial charge in [-0.3, -0.25) is 9.00 Å². The van der Waals surface area contributed by atoms with Crippen molar-refractivity contribution >= 4 is 28.2 Å². The van der Waals surface area contributed by atoms with Crippen LogP contribution in [0.15, 0.2) is 29.6 Å². The van der Waals surface area contributed by atoms with Crippen molar-refractivity contribution in [3.63, 3.8) is 0 Å². The number of anilines is 2. The summed E-state index contributed by atoms with van der Waals surface area (Å²) >= 11 is 0. The van der Waals surface area contributed by atoms with E-state index in [4.69, 9.17) is 0 Å². The molecule has 0 aromatic carbocycles. The highest BCUT2D eigenvalue weighted by Gasteiger charge is 2.38. The molecule has 3 heterocycles. The molecule has 1 aliphatic rings. The van der Waals surface area contributed by atoms with Gasteiger partial charge in [-0.05, 0) is 31.0 Å². The van der Waals surface area contributed by atoms with E-state index in [2.05, 4.69) is 15.3 Å². The minimum atomic E-state index is -4.75. The Morgan fingerprint density at radius 3 is 2.59 bits per heavy atom. The van der Waals surface area contributed by atoms with Crippen LogP contribution in [0.4, 0.5) is 33.5 Å². The molecule has 32 heavy (non-hydrogen) atoms. The number of amides is 1. The predicted molar refractivity (Wildman–Crippen MR) is 110 cm³/mol. The number of rotatable bonds is 4. The largest absolute Gasteiger partial charge is 0.418 e. The Hall–Kier alpha value is -2.63. The smallest absolute Gasteiger partial charge is 0.356 e. The summed E-state index contributed by atoms with van der Waals surface area (Å²) in [5.41, 5.74) is -1.61. The molecule has 1 aliphatic heterocycles. The third kappa shape index (κ3) is 5.40. The highest BCUT2D eigenvalue weighted by Crippen LogP contribution is 2.37. The average Bonchev–Trinajstić information content (AvgIpc) is 2.87. The molecule has 0 bridgehead atoms. The molecule has 1 amide bonds. The molecule has 0 radical (unpaired) electrons. The van der Waals surface area contributed by atoms with Crippen molar-refractivity contribution in [2.75, 3.05) is 29.6 Å². The van der Waals surface area contributed by atoms with E-state index in [9.17, 15) is 31.0 Å². The molecular weight excluding hydrogens is 455 g/mol. The van der Waals surface area contributed by atoms with E-state index < -0.39 is 40.8 Å². The molecule has 0 spiro atoms. The SMILES string of the molecule is Cc1c(C(F)(F)F)cnc(N2CCCC(F)(F)CC2)c1C(=O)Nc1ccnc(S(C)=O)c1. The van der Waals surface area contributed by atoms with E-state index in [-0.39, 0.29) is 53.6 Å². The maximum absolute atomic E-state index is 13.8. The normalized spacial score (nSPS) is 17.5. The fourth-order valence-electron chi connectivity index (χ4n) is 3.50. The molecule has 1 unspecified atom stereocenters. The van der Waals surface area contributed by atoms with E-state index in [1.54, 1.807) is 0 Å². The average molecular weight is 476 g/mol. The van der Waals surface area contributed by atoms with Crippen LogP contribution in [0, 0.1) is 6.92 Å². The second-order valence-electron chi connectivity index (χ2n) is 7.48. The summed E-state index contributed by atoms with van der Waals surface area (Å²) in [7, 11) is -1.44. The van der Waals surface area contributed by atoms with Gasteiger partial charge in [-0.15, -0.1) is 0 Å². The van der Waals surface area contributed by atoms with Gasteiger partial charge in [0.15, 0.2) is 0 Å². The number of nitrogens with one attached hydrogen (secondary N) is 1. The fourth-order valence-corrected chi connectivity index (χ4v) is 4.00. The molecule has 1 saturated heterocycles. The standard InChI is InChI=1S/C20H21F5N4O2S/c1-12-14(20(23,24)25)11-27-17(29-8-3-5-19(21,22)6-9-29)16(12)18(30)28-13-4-7-26-15(10-13)32(2)31/h4,7,10-11H,3,5-6,8-9H2,1-2H3,(H,26,28,30). The van der Waals surface area contributed by atoms with E-state index in [0.717, 1.165) is 6.92 Å². The molecule has 0 aliphatic carbocycles. The van der Waals surface area contributed by atoms with E-state index in [1.807, 2.05) is 0 Å². The van der Waals surface area contributed by atoms with Crippen LogP contribution in [0.3, 0.4) is 0 Å². The van der Waals surface area contributed by atoms with Crippen molar-refractivity contribution in [3.8, 4) is 0 Å². The first-order chi connectivity index (χ1) is 14.9. The van der Waals surface area contributed by atoms with Crippen molar-refractivity contribution in [2.45, 2.75) is 43.3 Å². The number of hydrogen-bond donors (Lipinski definition) is 1. The second kappa shape index (κ2) is 9.08. The van der Waals surface area contributed by atoms with Gasteiger partial charge in [0, 0.05) is 50.3 Å². The summed E-state index contributed by atoms with van der Waals surface area (Å²) in [6.07, 6.45) is -2.17. The molecule has 12 heteroatoms. The summed E-state index contributed by atoms with van der Waals surface area (Å²) < 4.78 is 79.7. The molecule has 6 nitrogen and oxygen atoms in total. The molecule has 1 N–H and O–H groups in total. The van der Waals surface area contributed by atoms with Gasteiger partial charge in [-0.25, -0.2) is 18.7 Å². The van der Waals surface area contributed by atoms with Gasteiger partial charge in [0.2, 0.25) is 5.92 Å².